The Morgan fingerprint density at radius 2 is 2.20 bits per heavy atom. The summed E-state index contributed by atoms with van der Waals surface area (Å²) in [5.41, 5.74) is 5.80. The topological polar surface area (TPSA) is 80.0 Å². The predicted molar refractivity (Wildman–Crippen MR) is 73.6 cm³/mol. The highest BCUT2D eigenvalue weighted by molar-refractivity contribution is 7.18. The lowest BCUT2D eigenvalue weighted by atomic mass is 10.2. The summed E-state index contributed by atoms with van der Waals surface area (Å²) in [7, 11) is 1.66. The summed E-state index contributed by atoms with van der Waals surface area (Å²) in [5, 5.41) is 5.81. The molecule has 0 unspecified atom stereocenters. The Balaban J connectivity index is 2.06. The maximum Gasteiger partial charge on any atom is 0.265 e. The Bertz CT molecular complexity index is 644. The van der Waals surface area contributed by atoms with Crippen molar-refractivity contribution in [3.8, 4) is 0 Å². The van der Waals surface area contributed by atoms with Gasteiger partial charge in [-0.2, -0.15) is 0 Å². The Kier molecular flexibility index (Phi) is 4.14. The fraction of sp³-hybridized carbons (Fsp3) is 0.167. The fourth-order valence-electron chi connectivity index (χ4n) is 1.52. The lowest BCUT2D eigenvalue weighted by Crippen LogP contribution is -2.23. The molecule has 2 rings (SSSR count). The minimum Gasteiger partial charge on any atom is -0.382 e. The number of thiazole rings is 1. The number of carbonyl (C=O) groups excluding carboxylic acids is 1. The van der Waals surface area contributed by atoms with Crippen molar-refractivity contribution in [2.75, 3.05) is 18.1 Å². The molecule has 5 nitrogen and oxygen atoms in total. The zero-order valence-electron chi connectivity index (χ0n) is 10.5. The molecule has 0 aliphatic carbocycles. The summed E-state index contributed by atoms with van der Waals surface area (Å²) < 4.78 is 26.2. The van der Waals surface area contributed by atoms with Crippen molar-refractivity contribution in [2.24, 2.45) is 0 Å². The molecule has 0 atom stereocenters. The summed E-state index contributed by atoms with van der Waals surface area (Å²) in [5.74, 6) is -1.72. The van der Waals surface area contributed by atoms with E-state index in [1.807, 2.05) is 0 Å². The first-order valence-corrected chi connectivity index (χ1v) is 6.49. The molecule has 1 aromatic heterocycles. The number of nitrogens with one attached hydrogen (secondary N) is 2. The zero-order chi connectivity index (χ0) is 14.7. The van der Waals surface area contributed by atoms with Crippen LogP contribution in [0.25, 0.3) is 0 Å². The highest BCUT2D eigenvalue weighted by Gasteiger charge is 2.16. The number of anilines is 2. The van der Waals surface area contributed by atoms with Crippen molar-refractivity contribution in [1.29, 1.82) is 0 Å². The SMILES string of the molecule is CNc1nc(N)c(C(=O)NCc2ccc(F)cc2F)s1. The molecule has 0 fully saturated rings. The monoisotopic (exact) mass is 298 g/mol. The minimum absolute atomic E-state index is 0.0584. The predicted octanol–water partition coefficient (Wildman–Crippen LogP) is 1.98. The van der Waals surface area contributed by atoms with E-state index in [9.17, 15) is 13.6 Å². The average molecular weight is 298 g/mol. The number of amides is 1. The van der Waals surface area contributed by atoms with Gasteiger partial charge in [0.1, 0.15) is 22.3 Å². The lowest BCUT2D eigenvalue weighted by Gasteiger charge is -2.05. The summed E-state index contributed by atoms with van der Waals surface area (Å²) in [6, 6.07) is 3.17. The van der Waals surface area contributed by atoms with Crippen LogP contribution in [0.5, 0.6) is 0 Å². The lowest BCUT2D eigenvalue weighted by molar-refractivity contribution is 0.0955. The highest BCUT2D eigenvalue weighted by Crippen LogP contribution is 2.24. The van der Waals surface area contributed by atoms with Crippen LogP contribution in [-0.2, 0) is 6.54 Å². The molecule has 0 saturated carbocycles. The van der Waals surface area contributed by atoms with E-state index >= 15 is 0 Å². The second-order valence-electron chi connectivity index (χ2n) is 3.90. The molecule has 0 aliphatic heterocycles. The second kappa shape index (κ2) is 5.83. The molecule has 1 heterocycles. The van der Waals surface area contributed by atoms with Gasteiger partial charge < -0.3 is 16.4 Å². The Morgan fingerprint density at radius 3 is 2.80 bits per heavy atom. The van der Waals surface area contributed by atoms with Gasteiger partial charge in [0.2, 0.25) is 0 Å². The smallest absolute Gasteiger partial charge is 0.265 e. The second-order valence-corrected chi connectivity index (χ2v) is 4.90. The first-order valence-electron chi connectivity index (χ1n) is 5.67. The summed E-state index contributed by atoms with van der Waals surface area (Å²) in [4.78, 5) is 16.1. The molecule has 20 heavy (non-hydrogen) atoms. The number of nitrogens with zero attached hydrogens (tertiary/aromatic N) is 1. The molecule has 106 valence electrons. The normalized spacial score (nSPS) is 10.3. The van der Waals surface area contributed by atoms with Gasteiger partial charge in [0, 0.05) is 25.2 Å². The van der Waals surface area contributed by atoms with Crippen LogP contribution in [0.1, 0.15) is 15.2 Å². The number of hydrogen-bond acceptors (Lipinski definition) is 5. The fourth-order valence-corrected chi connectivity index (χ4v) is 2.28. The van der Waals surface area contributed by atoms with Crippen molar-refractivity contribution in [1.82, 2.24) is 10.3 Å². The molecule has 0 radical (unpaired) electrons. The van der Waals surface area contributed by atoms with Gasteiger partial charge in [-0.1, -0.05) is 17.4 Å². The maximum absolute atomic E-state index is 13.4. The third-order valence-electron chi connectivity index (χ3n) is 2.53. The maximum atomic E-state index is 13.4. The molecule has 0 aliphatic rings. The van der Waals surface area contributed by atoms with E-state index in [1.165, 1.54) is 6.07 Å². The molecular formula is C12H12F2N4OS. The van der Waals surface area contributed by atoms with Crippen molar-refractivity contribution in [2.45, 2.75) is 6.54 Å². The Hall–Kier alpha value is -2.22. The summed E-state index contributed by atoms with van der Waals surface area (Å²) in [6.45, 7) is -0.0584. The molecule has 4 N–H and O–H groups in total. The average Bonchev–Trinajstić information content (AvgIpc) is 2.79. The van der Waals surface area contributed by atoms with Crippen LogP contribution in [0, 0.1) is 11.6 Å². The van der Waals surface area contributed by atoms with Gasteiger partial charge in [0.25, 0.3) is 5.91 Å². The van der Waals surface area contributed by atoms with Crippen LogP contribution in [0.15, 0.2) is 18.2 Å². The Morgan fingerprint density at radius 1 is 1.45 bits per heavy atom. The van der Waals surface area contributed by atoms with Crippen LogP contribution in [0.4, 0.5) is 19.7 Å². The Labute approximate surface area is 117 Å². The molecule has 8 heteroatoms. The van der Waals surface area contributed by atoms with E-state index < -0.39 is 17.5 Å². The van der Waals surface area contributed by atoms with Gasteiger partial charge >= 0.3 is 0 Å². The number of halogens is 2. The van der Waals surface area contributed by atoms with E-state index in [0.717, 1.165) is 23.5 Å². The zero-order valence-corrected chi connectivity index (χ0v) is 11.4. The van der Waals surface area contributed by atoms with Crippen molar-refractivity contribution in [3.63, 3.8) is 0 Å². The molecular weight excluding hydrogens is 286 g/mol. The van der Waals surface area contributed by atoms with Crippen LogP contribution < -0.4 is 16.4 Å². The number of carbonyl (C=O) groups is 1. The number of nitrogens with two attached hydrogens (primary N) is 1. The summed E-state index contributed by atoms with van der Waals surface area (Å²) in [6.07, 6.45) is 0. The van der Waals surface area contributed by atoms with Gasteiger partial charge in [-0.25, -0.2) is 13.8 Å². The quantitative estimate of drug-likeness (QED) is 0.806. The minimum atomic E-state index is -0.710. The first-order chi connectivity index (χ1) is 9.51. The van der Waals surface area contributed by atoms with Gasteiger partial charge in [0.15, 0.2) is 5.13 Å². The third kappa shape index (κ3) is 3.02. The van der Waals surface area contributed by atoms with Crippen LogP contribution in [0.3, 0.4) is 0 Å². The van der Waals surface area contributed by atoms with Crippen molar-refractivity contribution >= 4 is 28.2 Å². The van der Waals surface area contributed by atoms with Crippen LogP contribution in [0.2, 0.25) is 0 Å². The van der Waals surface area contributed by atoms with Gasteiger partial charge in [-0.05, 0) is 6.07 Å². The van der Waals surface area contributed by atoms with E-state index in [-0.39, 0.29) is 22.8 Å². The first kappa shape index (κ1) is 14.2. The number of benzene rings is 1. The highest BCUT2D eigenvalue weighted by atomic mass is 32.1. The standard InChI is InChI=1S/C12H12F2N4OS/c1-16-12-18-10(15)9(20-12)11(19)17-5-6-2-3-7(13)4-8(6)14/h2-4H,5,15H2,1H3,(H,16,18)(H,17,19). The number of nitrogen functional groups attached to an aromatic ring is 1. The molecule has 1 amide bonds. The van der Waals surface area contributed by atoms with E-state index in [2.05, 4.69) is 15.6 Å². The third-order valence-corrected chi connectivity index (χ3v) is 3.62. The van der Waals surface area contributed by atoms with Gasteiger partial charge in [-0.15, -0.1) is 0 Å². The van der Waals surface area contributed by atoms with E-state index in [4.69, 9.17) is 5.73 Å². The number of aromatic nitrogens is 1. The number of hydrogen-bond donors (Lipinski definition) is 3. The van der Waals surface area contributed by atoms with E-state index in [1.54, 1.807) is 7.05 Å². The molecule has 0 saturated heterocycles. The molecule has 2 aromatic rings. The van der Waals surface area contributed by atoms with Gasteiger partial charge in [-0.3, -0.25) is 4.79 Å². The largest absolute Gasteiger partial charge is 0.382 e. The molecule has 1 aromatic carbocycles. The molecule has 0 spiro atoms. The van der Waals surface area contributed by atoms with E-state index in [0.29, 0.717) is 5.13 Å². The van der Waals surface area contributed by atoms with Crippen LogP contribution in [-0.4, -0.2) is 17.9 Å². The molecule has 0 bridgehead atoms. The van der Waals surface area contributed by atoms with Crippen molar-refractivity contribution in [3.05, 3.63) is 40.3 Å². The number of rotatable bonds is 4. The van der Waals surface area contributed by atoms with Gasteiger partial charge in [0.05, 0.1) is 0 Å². The van der Waals surface area contributed by atoms with Crippen LogP contribution >= 0.6 is 11.3 Å². The summed E-state index contributed by atoms with van der Waals surface area (Å²) >= 11 is 1.10. The van der Waals surface area contributed by atoms with Crippen molar-refractivity contribution < 1.29 is 13.6 Å².